The molecule has 1 aliphatic heterocycles. The van der Waals surface area contributed by atoms with Crippen LogP contribution in [0.1, 0.15) is 24.8 Å². The molecule has 0 unspecified atom stereocenters. The number of benzene rings is 1. The van der Waals surface area contributed by atoms with E-state index in [2.05, 4.69) is 0 Å². The number of carbonyl (C=O) groups excluding carboxylic acids is 1. The Kier molecular flexibility index (Phi) is 3.35. The third-order valence-corrected chi connectivity index (χ3v) is 4.86. The van der Waals surface area contributed by atoms with Crippen LogP contribution in [0.2, 0.25) is 0 Å². The van der Waals surface area contributed by atoms with Crippen LogP contribution in [0.4, 0.5) is 5.69 Å². The average Bonchev–Trinajstić information content (AvgIpc) is 2.41. The van der Waals surface area contributed by atoms with Crippen LogP contribution in [0.15, 0.2) is 24.3 Å². The molecule has 0 radical (unpaired) electrons. The van der Waals surface area contributed by atoms with Gasteiger partial charge in [0.1, 0.15) is 0 Å². The smallest absolute Gasteiger partial charge is 0.314 e. The zero-order chi connectivity index (χ0) is 15.0. The molecule has 1 N–H and O–H groups in total. The van der Waals surface area contributed by atoms with Gasteiger partial charge in [-0.2, -0.15) is 0 Å². The van der Waals surface area contributed by atoms with E-state index >= 15 is 0 Å². The molecule has 0 aromatic heterocycles. The third kappa shape index (κ3) is 2.26. The lowest BCUT2D eigenvalue weighted by atomic mass is 9.64. The molecule has 5 heteroatoms. The Balaban J connectivity index is 1.78. The van der Waals surface area contributed by atoms with Gasteiger partial charge in [-0.25, -0.2) is 0 Å². The first-order chi connectivity index (χ1) is 10.0. The molecule has 21 heavy (non-hydrogen) atoms. The van der Waals surface area contributed by atoms with E-state index in [4.69, 9.17) is 0 Å². The van der Waals surface area contributed by atoms with Crippen molar-refractivity contribution < 1.29 is 14.7 Å². The van der Waals surface area contributed by atoms with Gasteiger partial charge >= 0.3 is 5.97 Å². The van der Waals surface area contributed by atoms with Gasteiger partial charge in [0.15, 0.2) is 0 Å². The summed E-state index contributed by atoms with van der Waals surface area (Å²) >= 11 is 0. The highest BCUT2D eigenvalue weighted by molar-refractivity contribution is 5.84. The second kappa shape index (κ2) is 5.06. The minimum absolute atomic E-state index is 0.117. The quantitative estimate of drug-likeness (QED) is 0.915. The lowest BCUT2D eigenvalue weighted by Gasteiger charge is -2.38. The highest BCUT2D eigenvalue weighted by atomic mass is 16.4. The topological polar surface area (TPSA) is 60.9 Å². The van der Waals surface area contributed by atoms with Gasteiger partial charge in [-0.15, -0.1) is 0 Å². The van der Waals surface area contributed by atoms with Crippen molar-refractivity contribution in [1.29, 1.82) is 0 Å². The highest BCUT2D eigenvalue weighted by Crippen LogP contribution is 2.44. The lowest BCUT2D eigenvalue weighted by Crippen LogP contribution is -2.48. The van der Waals surface area contributed by atoms with Gasteiger partial charge < -0.3 is 14.9 Å². The summed E-state index contributed by atoms with van der Waals surface area (Å²) in [7, 11) is 1.82. The fraction of sp³-hybridized carbons (Fsp3) is 0.500. The number of anilines is 1. The van der Waals surface area contributed by atoms with Gasteiger partial charge in [0.25, 0.3) is 0 Å². The molecule has 0 spiro atoms. The molecule has 1 aromatic carbocycles. The first kappa shape index (κ1) is 13.9. The third-order valence-electron chi connectivity index (χ3n) is 4.86. The predicted octanol–water partition coefficient (Wildman–Crippen LogP) is 1.47. The monoisotopic (exact) mass is 288 g/mol. The number of hydrogen-bond acceptors (Lipinski definition) is 3. The minimum atomic E-state index is -0.726. The number of carboxylic acids is 1. The van der Waals surface area contributed by atoms with Gasteiger partial charge in [-0.1, -0.05) is 18.6 Å². The molecular formula is C16H20N2O3. The molecule has 1 aliphatic carbocycles. The van der Waals surface area contributed by atoms with E-state index in [-0.39, 0.29) is 5.91 Å². The van der Waals surface area contributed by atoms with E-state index in [9.17, 15) is 14.7 Å². The van der Waals surface area contributed by atoms with E-state index in [0.29, 0.717) is 19.4 Å². The summed E-state index contributed by atoms with van der Waals surface area (Å²) < 4.78 is 0. The summed E-state index contributed by atoms with van der Waals surface area (Å²) in [5, 5.41) is 9.46. The number of aliphatic carboxylic acids is 1. The number of carboxylic acid groups (broad SMARTS) is 1. The Hall–Kier alpha value is -2.04. The van der Waals surface area contributed by atoms with Crippen molar-refractivity contribution in [3.8, 4) is 0 Å². The molecule has 2 fully saturated rings. The highest BCUT2D eigenvalue weighted by Gasteiger charge is 2.45. The van der Waals surface area contributed by atoms with E-state index in [1.165, 1.54) is 0 Å². The normalized spacial score (nSPS) is 21.1. The molecule has 2 aliphatic rings. The molecule has 1 heterocycles. The predicted molar refractivity (Wildman–Crippen MR) is 79.5 cm³/mol. The molecule has 112 valence electrons. The van der Waals surface area contributed by atoms with E-state index < -0.39 is 11.4 Å². The Morgan fingerprint density at radius 1 is 1.19 bits per heavy atom. The standard InChI is InChI=1S/C16H20N2O3/c1-17-9-10-18(11-14(17)19)13-5-3-12(4-6-13)16(15(20)21)7-2-8-16/h3-6H,2,7-11H2,1H3,(H,20,21). The molecule has 0 atom stereocenters. The maximum atomic E-state index is 11.8. The van der Waals surface area contributed by atoms with Crippen molar-refractivity contribution in [2.45, 2.75) is 24.7 Å². The van der Waals surface area contributed by atoms with E-state index in [0.717, 1.165) is 30.8 Å². The molecule has 1 saturated heterocycles. The van der Waals surface area contributed by atoms with Crippen LogP contribution in [-0.4, -0.2) is 48.6 Å². The Bertz CT molecular complexity index is 563. The van der Waals surface area contributed by atoms with Gasteiger partial charge in [0.2, 0.25) is 5.91 Å². The van der Waals surface area contributed by atoms with Crippen LogP contribution < -0.4 is 4.90 Å². The van der Waals surface area contributed by atoms with Crippen LogP contribution in [0.25, 0.3) is 0 Å². The van der Waals surface area contributed by atoms with Gasteiger partial charge in [0, 0.05) is 25.8 Å². The minimum Gasteiger partial charge on any atom is -0.481 e. The first-order valence-corrected chi connectivity index (χ1v) is 7.36. The largest absolute Gasteiger partial charge is 0.481 e. The Labute approximate surface area is 124 Å². The Morgan fingerprint density at radius 3 is 2.33 bits per heavy atom. The summed E-state index contributed by atoms with van der Waals surface area (Å²) in [5.41, 5.74) is 1.18. The van der Waals surface area contributed by atoms with Crippen molar-refractivity contribution in [3.63, 3.8) is 0 Å². The number of hydrogen-bond donors (Lipinski definition) is 1. The molecule has 1 aromatic rings. The summed E-state index contributed by atoms with van der Waals surface area (Å²) in [6.45, 7) is 1.92. The zero-order valence-electron chi connectivity index (χ0n) is 12.2. The SMILES string of the molecule is CN1CCN(c2ccc(C3(C(=O)O)CCC3)cc2)CC1=O. The Morgan fingerprint density at radius 2 is 1.86 bits per heavy atom. The van der Waals surface area contributed by atoms with Crippen molar-refractivity contribution in [1.82, 2.24) is 4.90 Å². The van der Waals surface area contributed by atoms with Crippen molar-refractivity contribution in [2.75, 3.05) is 31.6 Å². The number of likely N-dealkylation sites (N-methyl/N-ethyl adjacent to an activating group) is 1. The second-order valence-corrected chi connectivity index (χ2v) is 6.02. The summed E-state index contributed by atoms with van der Waals surface area (Å²) in [5.74, 6) is -0.609. The summed E-state index contributed by atoms with van der Waals surface area (Å²) in [4.78, 5) is 27.0. The summed E-state index contributed by atoms with van der Waals surface area (Å²) in [6.07, 6.45) is 2.41. The molecule has 5 nitrogen and oxygen atoms in total. The number of piperazine rings is 1. The van der Waals surface area contributed by atoms with E-state index in [1.54, 1.807) is 4.90 Å². The molecule has 0 bridgehead atoms. The fourth-order valence-corrected chi connectivity index (χ4v) is 3.13. The number of nitrogens with zero attached hydrogens (tertiary/aromatic N) is 2. The molecular weight excluding hydrogens is 268 g/mol. The molecule has 3 rings (SSSR count). The second-order valence-electron chi connectivity index (χ2n) is 6.02. The maximum Gasteiger partial charge on any atom is 0.314 e. The fourth-order valence-electron chi connectivity index (χ4n) is 3.13. The average molecular weight is 288 g/mol. The maximum absolute atomic E-state index is 11.8. The number of carbonyl (C=O) groups is 2. The molecule has 1 amide bonds. The van der Waals surface area contributed by atoms with Crippen LogP contribution >= 0.6 is 0 Å². The van der Waals surface area contributed by atoms with Crippen LogP contribution in [0, 0.1) is 0 Å². The van der Waals surface area contributed by atoms with Crippen LogP contribution in [-0.2, 0) is 15.0 Å². The van der Waals surface area contributed by atoms with Crippen LogP contribution in [0.3, 0.4) is 0 Å². The van der Waals surface area contributed by atoms with Gasteiger partial charge in [0.05, 0.1) is 12.0 Å². The number of rotatable bonds is 3. The lowest BCUT2D eigenvalue weighted by molar-refractivity contribution is -0.147. The van der Waals surface area contributed by atoms with Crippen molar-refractivity contribution >= 4 is 17.6 Å². The molecule has 1 saturated carbocycles. The van der Waals surface area contributed by atoms with Gasteiger partial charge in [-0.05, 0) is 30.5 Å². The van der Waals surface area contributed by atoms with Crippen molar-refractivity contribution in [2.24, 2.45) is 0 Å². The van der Waals surface area contributed by atoms with Crippen LogP contribution in [0.5, 0.6) is 0 Å². The number of amides is 1. The summed E-state index contributed by atoms with van der Waals surface area (Å²) in [6, 6.07) is 7.70. The first-order valence-electron chi connectivity index (χ1n) is 7.36. The van der Waals surface area contributed by atoms with E-state index in [1.807, 2.05) is 36.2 Å². The van der Waals surface area contributed by atoms with Crippen molar-refractivity contribution in [3.05, 3.63) is 29.8 Å². The zero-order valence-corrected chi connectivity index (χ0v) is 12.2. The van der Waals surface area contributed by atoms with Gasteiger partial charge in [-0.3, -0.25) is 9.59 Å².